The molecule has 122 valence electrons. The number of hydrogen-bond donors (Lipinski definition) is 2. The number of rotatable bonds is 6. The zero-order chi connectivity index (χ0) is 16.2. The molecule has 0 aromatic carbocycles. The highest BCUT2D eigenvalue weighted by Crippen LogP contribution is 2.39. The third kappa shape index (κ3) is 3.73. The molecule has 0 atom stereocenters. The number of nitrogens with zero attached hydrogens (tertiary/aromatic N) is 3. The first-order valence-corrected chi connectivity index (χ1v) is 8.36. The highest BCUT2D eigenvalue weighted by atomic mass is 32.2. The maximum atomic E-state index is 11.8. The molecule has 1 aliphatic carbocycles. The minimum absolute atomic E-state index is 0.137. The fraction of sp³-hybridized carbons (Fsp3) is 0.429. The van der Waals surface area contributed by atoms with Crippen LogP contribution in [0.1, 0.15) is 42.1 Å². The van der Waals surface area contributed by atoms with E-state index in [2.05, 4.69) is 21.0 Å². The Hall–Kier alpha value is -2.29. The van der Waals surface area contributed by atoms with Gasteiger partial charge in [-0.3, -0.25) is 20.4 Å². The summed E-state index contributed by atoms with van der Waals surface area (Å²) < 4.78 is 6.97. The van der Waals surface area contributed by atoms with E-state index in [1.54, 1.807) is 6.07 Å². The minimum atomic E-state index is -0.499. The smallest absolute Gasteiger partial charge is 0.305 e. The maximum Gasteiger partial charge on any atom is 0.305 e. The molecule has 23 heavy (non-hydrogen) atoms. The summed E-state index contributed by atoms with van der Waals surface area (Å²) in [5.41, 5.74) is 4.64. The van der Waals surface area contributed by atoms with Crippen LogP contribution < -0.4 is 10.9 Å². The normalized spacial score (nSPS) is 13.8. The van der Waals surface area contributed by atoms with Crippen molar-refractivity contribution in [3.05, 3.63) is 30.0 Å². The van der Waals surface area contributed by atoms with Gasteiger partial charge in [0.05, 0.1) is 12.0 Å². The molecule has 2 heterocycles. The van der Waals surface area contributed by atoms with E-state index in [1.807, 2.05) is 11.5 Å². The number of carbonyl (C=O) groups excluding carboxylic acids is 2. The first-order valence-electron chi connectivity index (χ1n) is 7.37. The first-order chi connectivity index (χ1) is 11.2. The van der Waals surface area contributed by atoms with Crippen LogP contribution in [-0.2, 0) is 11.3 Å². The second-order valence-electron chi connectivity index (χ2n) is 5.13. The molecule has 3 rings (SSSR count). The van der Waals surface area contributed by atoms with Gasteiger partial charge in [0.2, 0.25) is 5.91 Å². The number of hydrogen-bond acceptors (Lipinski definition) is 6. The highest BCUT2D eigenvalue weighted by Gasteiger charge is 2.30. The summed E-state index contributed by atoms with van der Waals surface area (Å²) in [7, 11) is 0. The highest BCUT2D eigenvalue weighted by molar-refractivity contribution is 7.99. The number of furan rings is 1. The summed E-state index contributed by atoms with van der Waals surface area (Å²) in [5, 5.41) is 9.09. The second kappa shape index (κ2) is 6.86. The van der Waals surface area contributed by atoms with Crippen LogP contribution in [0.4, 0.5) is 0 Å². The Bertz CT molecular complexity index is 693. The molecule has 0 unspecified atom stereocenters. The SMILES string of the molecule is CCn1c(SCC(=O)NNC(=O)c2ccco2)nnc1C1CC1. The summed E-state index contributed by atoms with van der Waals surface area (Å²) in [6.07, 6.45) is 3.70. The molecular weight excluding hydrogens is 318 g/mol. The Kier molecular flexibility index (Phi) is 4.65. The predicted molar refractivity (Wildman–Crippen MR) is 82.7 cm³/mol. The van der Waals surface area contributed by atoms with Crippen molar-refractivity contribution in [1.29, 1.82) is 0 Å². The van der Waals surface area contributed by atoms with E-state index >= 15 is 0 Å². The molecule has 2 amide bonds. The van der Waals surface area contributed by atoms with Crippen LogP contribution in [0.15, 0.2) is 28.0 Å². The van der Waals surface area contributed by atoms with Crippen molar-refractivity contribution >= 4 is 23.6 Å². The van der Waals surface area contributed by atoms with Crippen molar-refractivity contribution in [3.63, 3.8) is 0 Å². The predicted octanol–water partition coefficient (Wildman–Crippen LogP) is 1.32. The second-order valence-corrected chi connectivity index (χ2v) is 6.07. The lowest BCUT2D eigenvalue weighted by molar-refractivity contribution is -0.119. The lowest BCUT2D eigenvalue weighted by atomic mass is 10.4. The molecule has 0 saturated heterocycles. The molecular formula is C14H17N5O3S. The Balaban J connectivity index is 1.48. The fourth-order valence-corrected chi connectivity index (χ4v) is 2.92. The van der Waals surface area contributed by atoms with Gasteiger partial charge in [0.25, 0.3) is 0 Å². The summed E-state index contributed by atoms with van der Waals surface area (Å²) in [4.78, 5) is 23.4. The molecule has 2 aromatic rings. The van der Waals surface area contributed by atoms with Gasteiger partial charge in [-0.2, -0.15) is 0 Å². The molecule has 1 saturated carbocycles. The summed E-state index contributed by atoms with van der Waals surface area (Å²) in [5.74, 6) is 0.966. The molecule has 1 aliphatic rings. The van der Waals surface area contributed by atoms with E-state index < -0.39 is 5.91 Å². The first kappa shape index (κ1) is 15.6. The quantitative estimate of drug-likeness (QED) is 0.610. The fourth-order valence-electron chi connectivity index (χ4n) is 2.11. The largest absolute Gasteiger partial charge is 0.459 e. The standard InChI is InChI=1S/C14H17N5O3S/c1-2-19-12(9-5-6-9)16-18-14(19)23-8-11(20)15-17-13(21)10-4-3-7-22-10/h3-4,7,9H,2,5-6,8H2,1H3,(H,15,20)(H,17,21). The van der Waals surface area contributed by atoms with Crippen molar-refractivity contribution in [2.75, 3.05) is 5.75 Å². The number of carbonyl (C=O) groups is 2. The summed E-state index contributed by atoms with van der Waals surface area (Å²) in [6, 6.07) is 3.11. The van der Waals surface area contributed by atoms with Gasteiger partial charge >= 0.3 is 5.91 Å². The van der Waals surface area contributed by atoms with Gasteiger partial charge in [0, 0.05) is 12.5 Å². The van der Waals surface area contributed by atoms with Crippen LogP contribution in [-0.4, -0.2) is 32.3 Å². The van der Waals surface area contributed by atoms with Crippen molar-refractivity contribution in [3.8, 4) is 0 Å². The molecule has 8 nitrogen and oxygen atoms in total. The average molecular weight is 335 g/mol. The van der Waals surface area contributed by atoms with E-state index in [0.29, 0.717) is 5.92 Å². The lowest BCUT2D eigenvalue weighted by Crippen LogP contribution is -2.42. The topological polar surface area (TPSA) is 102 Å². The van der Waals surface area contributed by atoms with Gasteiger partial charge < -0.3 is 8.98 Å². The number of amides is 2. The number of aromatic nitrogens is 3. The van der Waals surface area contributed by atoms with E-state index in [0.717, 1.165) is 30.4 Å². The molecule has 0 radical (unpaired) electrons. The number of hydrazine groups is 1. The molecule has 2 aromatic heterocycles. The molecule has 0 spiro atoms. The zero-order valence-electron chi connectivity index (χ0n) is 12.6. The van der Waals surface area contributed by atoms with Crippen molar-refractivity contribution in [1.82, 2.24) is 25.6 Å². The summed E-state index contributed by atoms with van der Waals surface area (Å²) in [6.45, 7) is 2.81. The molecule has 2 N–H and O–H groups in total. The maximum absolute atomic E-state index is 11.8. The van der Waals surface area contributed by atoms with E-state index in [-0.39, 0.29) is 17.4 Å². The average Bonchev–Trinajstić information content (AvgIpc) is 3.10. The van der Waals surface area contributed by atoms with Gasteiger partial charge in [-0.15, -0.1) is 10.2 Å². The van der Waals surface area contributed by atoms with E-state index in [9.17, 15) is 9.59 Å². The van der Waals surface area contributed by atoms with Crippen LogP contribution in [0, 0.1) is 0 Å². The van der Waals surface area contributed by atoms with Crippen LogP contribution in [0.3, 0.4) is 0 Å². The van der Waals surface area contributed by atoms with Gasteiger partial charge in [-0.05, 0) is 31.9 Å². The van der Waals surface area contributed by atoms with Gasteiger partial charge in [-0.1, -0.05) is 11.8 Å². The van der Waals surface area contributed by atoms with E-state index in [4.69, 9.17) is 4.42 Å². The zero-order valence-corrected chi connectivity index (χ0v) is 13.4. The number of nitrogens with one attached hydrogen (secondary N) is 2. The van der Waals surface area contributed by atoms with Crippen LogP contribution in [0.5, 0.6) is 0 Å². The van der Waals surface area contributed by atoms with E-state index in [1.165, 1.54) is 24.1 Å². The van der Waals surface area contributed by atoms with Gasteiger partial charge in [0.1, 0.15) is 5.82 Å². The third-order valence-electron chi connectivity index (χ3n) is 3.40. The Morgan fingerprint density at radius 2 is 2.22 bits per heavy atom. The summed E-state index contributed by atoms with van der Waals surface area (Å²) >= 11 is 1.30. The van der Waals surface area contributed by atoms with Crippen molar-refractivity contribution < 1.29 is 14.0 Å². The Labute approximate surface area is 137 Å². The van der Waals surface area contributed by atoms with Crippen LogP contribution in [0.2, 0.25) is 0 Å². The molecule has 1 fully saturated rings. The third-order valence-corrected chi connectivity index (χ3v) is 4.36. The Morgan fingerprint density at radius 1 is 1.39 bits per heavy atom. The van der Waals surface area contributed by atoms with Crippen LogP contribution >= 0.6 is 11.8 Å². The Morgan fingerprint density at radius 3 is 2.87 bits per heavy atom. The molecule has 0 aliphatic heterocycles. The van der Waals surface area contributed by atoms with Gasteiger partial charge in [-0.25, -0.2) is 0 Å². The molecule has 9 heteroatoms. The van der Waals surface area contributed by atoms with Crippen LogP contribution in [0.25, 0.3) is 0 Å². The monoisotopic (exact) mass is 335 g/mol. The van der Waals surface area contributed by atoms with Gasteiger partial charge in [0.15, 0.2) is 10.9 Å². The lowest BCUT2D eigenvalue weighted by Gasteiger charge is -2.07. The molecule has 0 bridgehead atoms. The minimum Gasteiger partial charge on any atom is -0.459 e. The van der Waals surface area contributed by atoms with Crippen molar-refractivity contribution in [2.45, 2.75) is 37.4 Å². The van der Waals surface area contributed by atoms with Crippen molar-refractivity contribution in [2.24, 2.45) is 0 Å². The number of thioether (sulfide) groups is 1.